The third-order valence-electron chi connectivity index (χ3n) is 5.98. The van der Waals surface area contributed by atoms with Crippen molar-refractivity contribution in [1.29, 1.82) is 0 Å². The number of hydrogen-bond donors (Lipinski definition) is 1. The molecular weight excluding hydrogens is 330 g/mol. The molecule has 0 amide bonds. The first-order valence-electron chi connectivity index (χ1n) is 8.08. The monoisotopic (exact) mass is 354 g/mol. The van der Waals surface area contributed by atoms with Gasteiger partial charge in [0.05, 0.1) is 12.2 Å². The predicted molar refractivity (Wildman–Crippen MR) is 78.7 cm³/mol. The fraction of sp³-hybridized carbons (Fsp3) is 1.00. The van der Waals surface area contributed by atoms with Gasteiger partial charge < -0.3 is 9.47 Å². The van der Waals surface area contributed by atoms with Crippen molar-refractivity contribution in [2.24, 2.45) is 23.2 Å². The van der Waals surface area contributed by atoms with E-state index < -0.39 is 22.0 Å². The molecule has 3 aliphatic rings. The maximum Gasteiger partial charge on any atom is 0.392 e. The lowest BCUT2D eigenvalue weighted by Gasteiger charge is -2.72. The van der Waals surface area contributed by atoms with E-state index in [1.54, 1.807) is 0 Å². The van der Waals surface area contributed by atoms with E-state index in [1.807, 2.05) is 6.92 Å². The minimum atomic E-state index is -5.42. The van der Waals surface area contributed by atoms with Crippen LogP contribution < -0.4 is 0 Å². The van der Waals surface area contributed by atoms with Crippen molar-refractivity contribution >= 4 is 10.1 Å². The number of ether oxygens (including phenoxy) is 2. The van der Waals surface area contributed by atoms with Gasteiger partial charge in [-0.1, -0.05) is 0 Å². The van der Waals surface area contributed by atoms with Crippen molar-refractivity contribution < 1.29 is 31.2 Å². The zero-order valence-electron chi connectivity index (χ0n) is 13.4. The average Bonchev–Trinajstić information content (AvgIpc) is 2.33. The summed E-state index contributed by atoms with van der Waals surface area (Å²) in [6.45, 7) is 3.69. The van der Waals surface area contributed by atoms with Crippen LogP contribution in [0, 0.1) is 23.2 Å². The van der Waals surface area contributed by atoms with E-state index in [0.29, 0.717) is 24.4 Å². The van der Waals surface area contributed by atoms with Gasteiger partial charge in [0.25, 0.3) is 0 Å². The second kappa shape index (κ2) is 5.34. The Morgan fingerprint density at radius 1 is 1.22 bits per heavy atom. The summed E-state index contributed by atoms with van der Waals surface area (Å²) in [6.07, 6.45) is 3.83. The van der Waals surface area contributed by atoms with Crippen LogP contribution in [0.15, 0.2) is 0 Å². The highest BCUT2D eigenvalue weighted by molar-refractivity contribution is 7.86. The Morgan fingerprint density at radius 2 is 1.78 bits per heavy atom. The van der Waals surface area contributed by atoms with Crippen molar-refractivity contribution in [1.82, 2.24) is 0 Å². The molecule has 0 aromatic heterocycles. The van der Waals surface area contributed by atoms with Crippen LogP contribution in [-0.4, -0.2) is 43.6 Å². The van der Waals surface area contributed by atoms with E-state index in [4.69, 9.17) is 14.0 Å². The smallest absolute Gasteiger partial charge is 0.376 e. The van der Waals surface area contributed by atoms with E-state index in [2.05, 4.69) is 6.92 Å². The zero-order valence-corrected chi connectivity index (χ0v) is 14.2. The molecule has 2 atom stereocenters. The van der Waals surface area contributed by atoms with Gasteiger partial charge in [-0.15, -0.1) is 0 Å². The van der Waals surface area contributed by atoms with Crippen LogP contribution in [-0.2, 0) is 19.6 Å². The van der Waals surface area contributed by atoms with E-state index in [1.165, 1.54) is 0 Å². The molecule has 3 aliphatic carbocycles. The van der Waals surface area contributed by atoms with Gasteiger partial charge in [-0.2, -0.15) is 17.2 Å². The molecule has 0 aromatic carbocycles. The Morgan fingerprint density at radius 3 is 2.26 bits per heavy atom. The van der Waals surface area contributed by atoms with Crippen LogP contribution in [0.25, 0.3) is 0 Å². The largest absolute Gasteiger partial charge is 0.392 e. The molecule has 0 bridgehead atoms. The molecule has 3 rings (SSSR count). The summed E-state index contributed by atoms with van der Waals surface area (Å²) in [5, 5.41) is -4.24. The molecule has 8 heteroatoms. The second-order valence-corrected chi connectivity index (χ2v) is 9.26. The van der Waals surface area contributed by atoms with Gasteiger partial charge in [-0.25, -0.2) is 0 Å². The Kier molecular flexibility index (Phi) is 4.07. The summed E-state index contributed by atoms with van der Waals surface area (Å²) in [7, 11) is -5.42. The highest BCUT2D eigenvalue weighted by atomic mass is 32.2. The summed E-state index contributed by atoms with van der Waals surface area (Å²) in [4.78, 5) is 0. The molecule has 0 heterocycles. The minimum absolute atomic E-state index is 0.0713. The van der Waals surface area contributed by atoms with Crippen LogP contribution >= 0.6 is 0 Å². The SMILES string of the molecule is CCOC1(C)CC2CC3(COCC(F)(F)S(=O)(=O)O)CC(C1)C23. The van der Waals surface area contributed by atoms with Crippen molar-refractivity contribution in [2.75, 3.05) is 19.8 Å². The fourth-order valence-electron chi connectivity index (χ4n) is 5.44. The van der Waals surface area contributed by atoms with Gasteiger partial charge >= 0.3 is 15.4 Å². The highest BCUT2D eigenvalue weighted by Crippen LogP contribution is 2.72. The molecule has 0 radical (unpaired) electrons. The Balaban J connectivity index is 1.53. The molecule has 0 saturated heterocycles. The van der Waals surface area contributed by atoms with E-state index in [-0.39, 0.29) is 17.6 Å². The van der Waals surface area contributed by atoms with Crippen LogP contribution in [0.3, 0.4) is 0 Å². The molecular formula is C15H24F2O5S. The molecule has 3 fully saturated rings. The molecule has 23 heavy (non-hydrogen) atoms. The first-order chi connectivity index (χ1) is 10.5. The summed E-state index contributed by atoms with van der Waals surface area (Å²) in [5.74, 6) is 1.57. The van der Waals surface area contributed by atoms with Crippen LogP contribution in [0.2, 0.25) is 0 Å². The first kappa shape index (κ1) is 17.5. The van der Waals surface area contributed by atoms with Crippen LogP contribution in [0.4, 0.5) is 8.78 Å². The maximum absolute atomic E-state index is 13.2. The van der Waals surface area contributed by atoms with E-state index >= 15 is 0 Å². The Bertz CT molecular complexity index is 560. The highest BCUT2D eigenvalue weighted by Gasteiger charge is 2.68. The number of rotatable bonds is 7. The van der Waals surface area contributed by atoms with E-state index in [9.17, 15) is 17.2 Å². The number of halogens is 2. The Hall–Kier alpha value is -0.310. The standard InChI is InChI=1S/C15H24F2O5S/c1-3-22-13(2)4-10-6-14(7-11(5-13)12(10)14)8-21-9-15(16,17)23(18,19)20/h10-12H,3-9H2,1-2H3,(H,18,19,20). The molecule has 5 nitrogen and oxygen atoms in total. The second-order valence-electron chi connectivity index (χ2n) is 7.71. The molecule has 1 N–H and O–H groups in total. The van der Waals surface area contributed by atoms with Gasteiger partial charge in [0.1, 0.15) is 6.61 Å². The van der Waals surface area contributed by atoms with Crippen molar-refractivity contribution in [3.05, 3.63) is 0 Å². The molecule has 0 aliphatic heterocycles. The summed E-state index contributed by atoms with van der Waals surface area (Å²) in [5.41, 5.74) is -0.149. The molecule has 2 unspecified atom stereocenters. The Labute approximate surface area is 135 Å². The fourth-order valence-corrected chi connectivity index (χ4v) is 5.67. The molecule has 3 saturated carbocycles. The maximum atomic E-state index is 13.2. The summed E-state index contributed by atoms with van der Waals surface area (Å²) in [6, 6.07) is 0. The normalized spacial score (nSPS) is 42.6. The van der Waals surface area contributed by atoms with E-state index in [0.717, 1.165) is 25.7 Å². The van der Waals surface area contributed by atoms with Crippen molar-refractivity contribution in [3.63, 3.8) is 0 Å². The van der Waals surface area contributed by atoms with Gasteiger partial charge in [0, 0.05) is 6.61 Å². The predicted octanol–water partition coefficient (Wildman–Crippen LogP) is 2.72. The van der Waals surface area contributed by atoms with Crippen LogP contribution in [0.1, 0.15) is 39.5 Å². The first-order valence-corrected chi connectivity index (χ1v) is 9.52. The third kappa shape index (κ3) is 2.81. The van der Waals surface area contributed by atoms with Gasteiger partial charge in [0.2, 0.25) is 0 Å². The topological polar surface area (TPSA) is 72.8 Å². The van der Waals surface area contributed by atoms with Gasteiger partial charge in [-0.3, -0.25) is 4.55 Å². The number of hydrogen-bond acceptors (Lipinski definition) is 4. The molecule has 134 valence electrons. The lowest BCUT2D eigenvalue weighted by Crippen LogP contribution is -2.68. The quantitative estimate of drug-likeness (QED) is 0.712. The lowest BCUT2D eigenvalue weighted by atomic mass is 9.34. The van der Waals surface area contributed by atoms with Crippen molar-refractivity contribution in [3.8, 4) is 0 Å². The van der Waals surface area contributed by atoms with Crippen molar-refractivity contribution in [2.45, 2.75) is 50.4 Å². The van der Waals surface area contributed by atoms with Crippen LogP contribution in [0.5, 0.6) is 0 Å². The zero-order chi connectivity index (χ0) is 17.1. The molecule has 0 spiro atoms. The summed E-state index contributed by atoms with van der Waals surface area (Å²) >= 11 is 0. The lowest BCUT2D eigenvalue weighted by molar-refractivity contribution is -0.273. The number of alkyl halides is 2. The summed E-state index contributed by atoms with van der Waals surface area (Å²) < 4.78 is 66.9. The van der Waals surface area contributed by atoms with Gasteiger partial charge in [-0.05, 0) is 62.7 Å². The van der Waals surface area contributed by atoms with Gasteiger partial charge in [0.15, 0.2) is 0 Å². The average molecular weight is 354 g/mol. The third-order valence-corrected chi connectivity index (χ3v) is 6.85. The minimum Gasteiger partial charge on any atom is -0.376 e. The molecule has 0 aromatic rings.